The van der Waals surface area contributed by atoms with Gasteiger partial charge in [0, 0.05) is 30.2 Å². The van der Waals surface area contributed by atoms with Crippen molar-refractivity contribution >= 4 is 22.9 Å². The number of hydrogen-bond donors (Lipinski definition) is 0. The molecule has 2 aromatic rings. The first kappa shape index (κ1) is 11.5. The van der Waals surface area contributed by atoms with E-state index in [4.69, 9.17) is 4.74 Å². The first-order valence-electron chi connectivity index (χ1n) is 5.60. The maximum absolute atomic E-state index is 11.2. The number of fused-ring (bicyclic) bond motifs is 1. The number of benzene rings is 1. The number of carbonyl (C=O) groups is 1. The van der Waals surface area contributed by atoms with Crippen molar-refractivity contribution < 1.29 is 9.53 Å². The fraction of sp³-hybridized carbons (Fsp3) is 0.214. The predicted octanol–water partition coefficient (Wildman–Crippen LogP) is 2.75. The smallest absolute Gasteiger partial charge is 0.330 e. The highest BCUT2D eigenvalue weighted by Crippen LogP contribution is 2.17. The highest BCUT2D eigenvalue weighted by Gasteiger charge is 1.98. The molecule has 17 heavy (non-hydrogen) atoms. The van der Waals surface area contributed by atoms with Crippen LogP contribution in [0, 0.1) is 0 Å². The van der Waals surface area contributed by atoms with E-state index >= 15 is 0 Å². The second kappa shape index (κ2) is 4.87. The van der Waals surface area contributed by atoms with Crippen LogP contribution in [0.15, 0.2) is 36.5 Å². The van der Waals surface area contributed by atoms with Gasteiger partial charge in [0.25, 0.3) is 0 Å². The molecule has 3 heteroatoms. The summed E-state index contributed by atoms with van der Waals surface area (Å²) in [7, 11) is 2.01. The lowest BCUT2D eigenvalue weighted by Gasteiger charge is -1.98. The van der Waals surface area contributed by atoms with E-state index in [-0.39, 0.29) is 5.97 Å². The second-order valence-corrected chi connectivity index (χ2v) is 3.83. The molecule has 0 fully saturated rings. The summed E-state index contributed by atoms with van der Waals surface area (Å²) in [4.78, 5) is 11.2. The Morgan fingerprint density at radius 1 is 1.41 bits per heavy atom. The molecule has 0 N–H and O–H groups in total. The summed E-state index contributed by atoms with van der Waals surface area (Å²) >= 11 is 0. The largest absolute Gasteiger partial charge is 0.463 e. The van der Waals surface area contributed by atoms with Gasteiger partial charge < -0.3 is 9.30 Å². The number of rotatable bonds is 3. The quantitative estimate of drug-likeness (QED) is 0.598. The normalized spacial score (nSPS) is 11.2. The maximum Gasteiger partial charge on any atom is 0.330 e. The zero-order chi connectivity index (χ0) is 12.3. The van der Waals surface area contributed by atoms with Gasteiger partial charge >= 0.3 is 5.97 Å². The minimum Gasteiger partial charge on any atom is -0.463 e. The van der Waals surface area contributed by atoms with E-state index in [2.05, 4.69) is 10.6 Å². The number of aromatic nitrogens is 1. The predicted molar refractivity (Wildman–Crippen MR) is 68.6 cm³/mol. The van der Waals surface area contributed by atoms with E-state index in [1.165, 1.54) is 17.0 Å². The molecule has 2 rings (SSSR count). The number of carbonyl (C=O) groups excluding carboxylic acids is 1. The summed E-state index contributed by atoms with van der Waals surface area (Å²) in [5.74, 6) is -0.305. The van der Waals surface area contributed by atoms with Crippen molar-refractivity contribution in [3.63, 3.8) is 0 Å². The highest BCUT2D eigenvalue weighted by molar-refractivity contribution is 5.89. The van der Waals surface area contributed by atoms with Crippen LogP contribution in [0.5, 0.6) is 0 Å². The number of hydrogen-bond acceptors (Lipinski definition) is 2. The van der Waals surface area contributed by atoms with Crippen molar-refractivity contribution in [3.8, 4) is 0 Å². The van der Waals surface area contributed by atoms with Gasteiger partial charge in [-0.05, 0) is 36.8 Å². The lowest BCUT2D eigenvalue weighted by Crippen LogP contribution is -1.98. The van der Waals surface area contributed by atoms with Crippen LogP contribution in [0.25, 0.3) is 17.0 Å². The Bertz CT molecular complexity index is 567. The Morgan fingerprint density at radius 2 is 2.24 bits per heavy atom. The van der Waals surface area contributed by atoms with Gasteiger partial charge in [0.15, 0.2) is 0 Å². The molecular formula is C14H15NO2. The number of ether oxygens (including phenoxy) is 1. The summed E-state index contributed by atoms with van der Waals surface area (Å²) in [5.41, 5.74) is 2.18. The first-order chi connectivity index (χ1) is 8.20. The minimum absolute atomic E-state index is 0.305. The van der Waals surface area contributed by atoms with Crippen LogP contribution in [0.3, 0.4) is 0 Å². The van der Waals surface area contributed by atoms with Crippen molar-refractivity contribution in [3.05, 3.63) is 42.1 Å². The fourth-order valence-electron chi connectivity index (χ4n) is 1.76. The van der Waals surface area contributed by atoms with Crippen molar-refractivity contribution in [1.29, 1.82) is 0 Å². The number of nitrogens with zero attached hydrogens (tertiary/aromatic N) is 1. The molecule has 88 valence electrons. The topological polar surface area (TPSA) is 31.2 Å². The molecular weight excluding hydrogens is 214 g/mol. The maximum atomic E-state index is 11.2. The Morgan fingerprint density at radius 3 is 3.00 bits per heavy atom. The molecule has 3 nitrogen and oxygen atoms in total. The SMILES string of the molecule is CCOC(=O)C=Cc1ccc2c(ccn2C)c1. The van der Waals surface area contributed by atoms with Crippen molar-refractivity contribution in [2.45, 2.75) is 6.92 Å². The fourth-order valence-corrected chi connectivity index (χ4v) is 1.76. The highest BCUT2D eigenvalue weighted by atomic mass is 16.5. The summed E-state index contributed by atoms with van der Waals surface area (Å²) in [5, 5.41) is 1.17. The summed E-state index contributed by atoms with van der Waals surface area (Å²) in [6.07, 6.45) is 5.24. The Labute approximate surface area is 100 Å². The molecule has 0 unspecified atom stereocenters. The average Bonchev–Trinajstić information content (AvgIpc) is 2.69. The van der Waals surface area contributed by atoms with Gasteiger partial charge in [-0.3, -0.25) is 0 Å². The summed E-state index contributed by atoms with van der Waals surface area (Å²) < 4.78 is 6.89. The summed E-state index contributed by atoms with van der Waals surface area (Å²) in [6, 6.07) is 8.13. The molecule has 0 spiro atoms. The Hall–Kier alpha value is -2.03. The average molecular weight is 229 g/mol. The van der Waals surface area contributed by atoms with E-state index in [1.54, 1.807) is 13.0 Å². The second-order valence-electron chi connectivity index (χ2n) is 3.83. The van der Waals surface area contributed by atoms with Crippen molar-refractivity contribution in [1.82, 2.24) is 4.57 Å². The van der Waals surface area contributed by atoms with E-state index in [0.717, 1.165) is 5.56 Å². The Balaban J connectivity index is 2.22. The molecule has 0 aliphatic rings. The zero-order valence-corrected chi connectivity index (χ0v) is 10.0. The standard InChI is InChI=1S/C14H15NO2/c1-3-17-14(16)7-5-11-4-6-13-12(10-11)8-9-15(13)2/h4-10H,3H2,1-2H3. The van der Waals surface area contributed by atoms with Gasteiger partial charge in [-0.15, -0.1) is 0 Å². The van der Waals surface area contributed by atoms with Crippen LogP contribution in [-0.2, 0) is 16.6 Å². The van der Waals surface area contributed by atoms with E-state index < -0.39 is 0 Å². The molecule has 0 atom stereocenters. The molecule has 1 aromatic carbocycles. The lowest BCUT2D eigenvalue weighted by molar-refractivity contribution is -0.137. The molecule has 0 radical (unpaired) electrons. The third-order valence-electron chi connectivity index (χ3n) is 2.61. The van der Waals surface area contributed by atoms with Gasteiger partial charge in [-0.2, -0.15) is 0 Å². The molecule has 0 amide bonds. The van der Waals surface area contributed by atoms with Gasteiger partial charge in [0.05, 0.1) is 6.61 Å². The lowest BCUT2D eigenvalue weighted by atomic mass is 10.1. The molecule has 1 heterocycles. The van der Waals surface area contributed by atoms with Crippen LogP contribution in [0.1, 0.15) is 12.5 Å². The van der Waals surface area contributed by atoms with Crippen LogP contribution in [0.4, 0.5) is 0 Å². The monoisotopic (exact) mass is 229 g/mol. The molecule has 0 aliphatic carbocycles. The molecule has 0 bridgehead atoms. The molecule has 0 saturated heterocycles. The molecule has 1 aromatic heterocycles. The van der Waals surface area contributed by atoms with E-state index in [1.807, 2.05) is 31.4 Å². The van der Waals surface area contributed by atoms with E-state index in [9.17, 15) is 4.79 Å². The zero-order valence-electron chi connectivity index (χ0n) is 10.0. The van der Waals surface area contributed by atoms with Crippen molar-refractivity contribution in [2.24, 2.45) is 7.05 Å². The summed E-state index contributed by atoms with van der Waals surface area (Å²) in [6.45, 7) is 2.20. The van der Waals surface area contributed by atoms with Crippen LogP contribution < -0.4 is 0 Å². The first-order valence-corrected chi connectivity index (χ1v) is 5.60. The Kier molecular flexibility index (Phi) is 3.28. The van der Waals surface area contributed by atoms with Crippen LogP contribution in [-0.4, -0.2) is 17.1 Å². The van der Waals surface area contributed by atoms with Crippen LogP contribution >= 0.6 is 0 Å². The van der Waals surface area contributed by atoms with Gasteiger partial charge in [0.1, 0.15) is 0 Å². The number of aryl methyl sites for hydroxylation is 1. The molecule has 0 aliphatic heterocycles. The van der Waals surface area contributed by atoms with Gasteiger partial charge in [-0.1, -0.05) is 6.07 Å². The third-order valence-corrected chi connectivity index (χ3v) is 2.61. The third kappa shape index (κ3) is 2.56. The minimum atomic E-state index is -0.305. The molecule has 0 saturated carbocycles. The van der Waals surface area contributed by atoms with Gasteiger partial charge in [0.2, 0.25) is 0 Å². The van der Waals surface area contributed by atoms with Gasteiger partial charge in [-0.25, -0.2) is 4.79 Å². The number of esters is 1. The van der Waals surface area contributed by atoms with Crippen LogP contribution in [0.2, 0.25) is 0 Å². The van der Waals surface area contributed by atoms with Crippen molar-refractivity contribution in [2.75, 3.05) is 6.61 Å². The van der Waals surface area contributed by atoms with E-state index in [0.29, 0.717) is 6.61 Å².